The number of carbonyl (C=O) groups is 1. The van der Waals surface area contributed by atoms with Crippen LogP contribution in [0.2, 0.25) is 0 Å². The summed E-state index contributed by atoms with van der Waals surface area (Å²) in [5.41, 5.74) is 4.19. The smallest absolute Gasteiger partial charge is 0.299 e. The van der Waals surface area contributed by atoms with Crippen LogP contribution >= 0.6 is 0 Å². The number of carbonyl (C=O) groups excluding carboxylic acids is 1. The fourth-order valence-electron chi connectivity index (χ4n) is 3.80. The van der Waals surface area contributed by atoms with E-state index in [1.807, 2.05) is 0 Å². The van der Waals surface area contributed by atoms with Gasteiger partial charge in [-0.1, -0.05) is 12.1 Å². The van der Waals surface area contributed by atoms with Gasteiger partial charge in [-0.25, -0.2) is 13.6 Å². The molecule has 0 unspecified atom stereocenters. The Bertz CT molecular complexity index is 1650. The molecule has 2 aromatic carbocycles. The van der Waals surface area contributed by atoms with Crippen LogP contribution < -0.4 is 25.2 Å². The third-order valence-corrected chi connectivity index (χ3v) is 5.57. The maximum atomic E-state index is 13.3. The molecule has 0 atom stereocenters. The molecule has 182 valence electrons. The van der Waals surface area contributed by atoms with Crippen molar-refractivity contribution in [2.24, 2.45) is 0 Å². The monoisotopic (exact) mass is 490 g/mol. The van der Waals surface area contributed by atoms with Gasteiger partial charge in [0.2, 0.25) is 5.75 Å². The molecular weight excluding hydrogens is 471 g/mol. The number of hydrogen-bond acceptors (Lipinski definition) is 8. The number of nitrogens with zero attached hydrogens (tertiary/aromatic N) is 5. The molecule has 0 aliphatic rings. The lowest BCUT2D eigenvalue weighted by Gasteiger charge is -2.14. The third-order valence-electron chi connectivity index (χ3n) is 5.57. The first kappa shape index (κ1) is 22.8. The number of methoxy groups -OCH3 is 3. The lowest BCUT2D eigenvalue weighted by Crippen LogP contribution is -2.33. The second-order valence-corrected chi connectivity index (χ2v) is 7.58. The van der Waals surface area contributed by atoms with Crippen LogP contribution in [0, 0.1) is 5.82 Å². The number of pyridine rings is 1. The molecule has 5 aromatic rings. The Morgan fingerprint density at radius 1 is 0.972 bits per heavy atom. The predicted molar refractivity (Wildman–Crippen MR) is 128 cm³/mol. The zero-order chi connectivity index (χ0) is 25.4. The van der Waals surface area contributed by atoms with E-state index in [4.69, 9.17) is 14.2 Å². The highest BCUT2D eigenvalue weighted by Gasteiger charge is 2.19. The van der Waals surface area contributed by atoms with Gasteiger partial charge in [0.05, 0.1) is 27.5 Å². The fraction of sp³-hybridized carbons (Fsp3) is 0.125. The molecular formula is C24H19FN6O5. The molecule has 0 fully saturated rings. The first-order chi connectivity index (χ1) is 17.4. The maximum Gasteiger partial charge on any atom is 0.299 e. The number of rotatable bonds is 6. The van der Waals surface area contributed by atoms with E-state index < -0.39 is 11.5 Å². The van der Waals surface area contributed by atoms with E-state index >= 15 is 0 Å². The molecule has 0 spiro atoms. The Morgan fingerprint density at radius 3 is 2.31 bits per heavy atom. The van der Waals surface area contributed by atoms with Gasteiger partial charge in [-0.15, -0.1) is 10.2 Å². The SMILES string of the molecule is COc1cc(C(=O)Nn2ccc3c(nnc4c(-c5ccc(F)cc5)cnn43)c2=O)cc(OC)c1OC. The summed E-state index contributed by atoms with van der Waals surface area (Å²) in [5.74, 6) is -0.0465. The highest BCUT2D eigenvalue weighted by molar-refractivity contribution is 6.01. The number of halogens is 1. The summed E-state index contributed by atoms with van der Waals surface area (Å²) in [7, 11) is 4.32. The van der Waals surface area contributed by atoms with Crippen molar-refractivity contribution in [3.63, 3.8) is 0 Å². The van der Waals surface area contributed by atoms with Crippen molar-refractivity contribution >= 4 is 22.6 Å². The molecule has 0 bridgehead atoms. The van der Waals surface area contributed by atoms with Crippen LogP contribution in [0.3, 0.4) is 0 Å². The first-order valence-electron chi connectivity index (χ1n) is 10.6. The van der Waals surface area contributed by atoms with Crippen molar-refractivity contribution < 1.29 is 23.4 Å². The van der Waals surface area contributed by atoms with Crippen LogP contribution in [0.5, 0.6) is 17.2 Å². The van der Waals surface area contributed by atoms with Crippen molar-refractivity contribution in [1.82, 2.24) is 24.5 Å². The Balaban J connectivity index is 1.52. The standard InChI is InChI=1S/C24H19FN6O5/c1-34-18-10-14(11-19(35-2)21(18)36-3)23(32)29-30-9-8-17-20(24(30)33)27-28-22-16(12-26-31(17)22)13-4-6-15(25)7-5-13/h4-12H,1-3H3,(H,29,32). The molecule has 1 amide bonds. The van der Waals surface area contributed by atoms with Crippen molar-refractivity contribution in [3.8, 4) is 28.4 Å². The van der Waals surface area contributed by atoms with E-state index in [0.29, 0.717) is 28.0 Å². The molecule has 5 rings (SSSR count). The van der Waals surface area contributed by atoms with Gasteiger partial charge in [0.1, 0.15) is 11.3 Å². The minimum atomic E-state index is -0.610. The van der Waals surface area contributed by atoms with Gasteiger partial charge in [-0.3, -0.25) is 15.0 Å². The summed E-state index contributed by atoms with van der Waals surface area (Å²) < 4.78 is 31.6. The summed E-state index contributed by atoms with van der Waals surface area (Å²) >= 11 is 0. The summed E-state index contributed by atoms with van der Waals surface area (Å²) in [5, 5.41) is 12.6. The van der Waals surface area contributed by atoms with Crippen molar-refractivity contribution in [1.29, 1.82) is 0 Å². The minimum absolute atomic E-state index is 0.0102. The molecule has 0 saturated heterocycles. The van der Waals surface area contributed by atoms with Gasteiger partial charge >= 0.3 is 0 Å². The number of nitrogens with one attached hydrogen (secondary N) is 1. The van der Waals surface area contributed by atoms with Gasteiger partial charge < -0.3 is 14.2 Å². The summed E-state index contributed by atoms with van der Waals surface area (Å²) in [4.78, 5) is 26.0. The Kier molecular flexibility index (Phi) is 5.68. The lowest BCUT2D eigenvalue weighted by atomic mass is 10.1. The normalized spacial score (nSPS) is 11.0. The average molecular weight is 490 g/mol. The molecule has 3 heterocycles. The maximum absolute atomic E-state index is 13.3. The number of amides is 1. The quantitative estimate of drug-likeness (QED) is 0.386. The first-order valence-corrected chi connectivity index (χ1v) is 10.6. The van der Waals surface area contributed by atoms with Crippen LogP contribution in [0.15, 0.2) is 59.7 Å². The number of benzene rings is 2. The van der Waals surface area contributed by atoms with Gasteiger partial charge in [-0.05, 0) is 35.9 Å². The van der Waals surface area contributed by atoms with E-state index in [1.165, 1.54) is 56.3 Å². The van der Waals surface area contributed by atoms with Crippen molar-refractivity contribution in [2.75, 3.05) is 26.8 Å². The number of aromatic nitrogens is 5. The second-order valence-electron chi connectivity index (χ2n) is 7.58. The van der Waals surface area contributed by atoms with E-state index in [-0.39, 0.29) is 28.4 Å². The summed E-state index contributed by atoms with van der Waals surface area (Å²) in [6.07, 6.45) is 2.95. The molecule has 0 radical (unpaired) electrons. The van der Waals surface area contributed by atoms with Crippen LogP contribution in [-0.2, 0) is 0 Å². The molecule has 3 aromatic heterocycles. The predicted octanol–water partition coefficient (Wildman–Crippen LogP) is 2.66. The Labute approximate surface area is 202 Å². The highest BCUT2D eigenvalue weighted by Crippen LogP contribution is 2.38. The van der Waals surface area contributed by atoms with E-state index in [9.17, 15) is 14.0 Å². The van der Waals surface area contributed by atoms with Gasteiger partial charge in [0.15, 0.2) is 22.7 Å². The topological polar surface area (TPSA) is 122 Å². The van der Waals surface area contributed by atoms with Crippen LogP contribution in [0.25, 0.3) is 27.8 Å². The van der Waals surface area contributed by atoms with Crippen molar-refractivity contribution in [2.45, 2.75) is 0 Å². The lowest BCUT2D eigenvalue weighted by molar-refractivity contribution is 0.101. The number of hydrogen-bond donors (Lipinski definition) is 1. The zero-order valence-corrected chi connectivity index (χ0v) is 19.4. The Hall–Kier alpha value is -5.00. The van der Waals surface area contributed by atoms with E-state index in [2.05, 4.69) is 20.7 Å². The molecule has 1 N–H and O–H groups in total. The fourth-order valence-corrected chi connectivity index (χ4v) is 3.80. The molecule has 36 heavy (non-hydrogen) atoms. The molecule has 0 aliphatic carbocycles. The third kappa shape index (κ3) is 3.74. The van der Waals surface area contributed by atoms with Crippen LogP contribution in [0.1, 0.15) is 10.4 Å². The molecule has 0 saturated carbocycles. The van der Waals surface area contributed by atoms with Crippen molar-refractivity contribution in [3.05, 3.63) is 76.6 Å². The Morgan fingerprint density at radius 2 is 1.67 bits per heavy atom. The van der Waals surface area contributed by atoms with E-state index in [0.717, 1.165) is 4.68 Å². The van der Waals surface area contributed by atoms with Gasteiger partial charge in [0.25, 0.3) is 11.5 Å². The number of fused-ring (bicyclic) bond motifs is 3. The summed E-state index contributed by atoms with van der Waals surface area (Å²) in [6, 6.07) is 10.4. The summed E-state index contributed by atoms with van der Waals surface area (Å²) in [6.45, 7) is 0. The van der Waals surface area contributed by atoms with Crippen LogP contribution in [-0.4, -0.2) is 51.7 Å². The largest absolute Gasteiger partial charge is 0.493 e. The van der Waals surface area contributed by atoms with Gasteiger partial charge in [0, 0.05) is 17.3 Å². The highest BCUT2D eigenvalue weighted by atomic mass is 19.1. The molecule has 0 aliphatic heterocycles. The van der Waals surface area contributed by atoms with Gasteiger partial charge in [-0.2, -0.15) is 5.10 Å². The number of ether oxygens (including phenoxy) is 3. The average Bonchev–Trinajstić information content (AvgIpc) is 3.34. The van der Waals surface area contributed by atoms with E-state index in [1.54, 1.807) is 24.4 Å². The van der Waals surface area contributed by atoms with Crippen LogP contribution in [0.4, 0.5) is 4.39 Å². The zero-order valence-electron chi connectivity index (χ0n) is 19.4. The molecule has 11 nitrogen and oxygen atoms in total. The molecule has 12 heteroatoms. The minimum Gasteiger partial charge on any atom is -0.493 e. The second kappa shape index (κ2) is 8.98.